The van der Waals surface area contributed by atoms with Crippen molar-refractivity contribution in [2.24, 2.45) is 35.5 Å². The van der Waals surface area contributed by atoms with Crippen LogP contribution in [0.15, 0.2) is 66.7 Å². The van der Waals surface area contributed by atoms with Gasteiger partial charge in [-0.1, -0.05) is 54.6 Å². The minimum atomic E-state index is -0.732. The number of nitrogens with zero attached hydrogens (tertiary/aromatic N) is 1. The summed E-state index contributed by atoms with van der Waals surface area (Å²) in [6.07, 6.45) is 5.32. The topological polar surface area (TPSA) is 80.8 Å². The number of imide groups is 1. The molecule has 0 spiro atoms. The van der Waals surface area contributed by atoms with Crippen molar-refractivity contribution in [3.8, 4) is 0 Å². The molecule has 1 saturated heterocycles. The van der Waals surface area contributed by atoms with E-state index in [0.717, 1.165) is 6.42 Å². The molecule has 2 aromatic carbocycles. The van der Waals surface area contributed by atoms with Gasteiger partial charge in [0, 0.05) is 5.56 Å². The Morgan fingerprint density at radius 1 is 0.844 bits per heavy atom. The van der Waals surface area contributed by atoms with Crippen LogP contribution in [0, 0.1) is 35.5 Å². The van der Waals surface area contributed by atoms with Gasteiger partial charge in [0.1, 0.15) is 0 Å². The number of rotatable bonds is 5. The molecule has 0 aromatic heterocycles. The van der Waals surface area contributed by atoms with Gasteiger partial charge >= 0.3 is 5.97 Å². The van der Waals surface area contributed by atoms with E-state index in [4.69, 9.17) is 4.74 Å². The van der Waals surface area contributed by atoms with Gasteiger partial charge in [0.25, 0.3) is 0 Å². The number of benzene rings is 2. The van der Waals surface area contributed by atoms with E-state index < -0.39 is 12.6 Å². The molecular weight excluding hydrogens is 406 g/mol. The van der Waals surface area contributed by atoms with Crippen molar-refractivity contribution in [2.45, 2.75) is 6.42 Å². The Morgan fingerprint density at radius 3 is 2.09 bits per heavy atom. The van der Waals surface area contributed by atoms with Gasteiger partial charge in [-0.2, -0.15) is 0 Å². The molecule has 0 radical (unpaired) electrons. The number of carbonyl (C=O) groups excluding carboxylic acids is 4. The lowest BCUT2D eigenvalue weighted by atomic mass is 9.63. The highest BCUT2D eigenvalue weighted by atomic mass is 16.5. The fourth-order valence-corrected chi connectivity index (χ4v) is 5.95. The van der Waals surface area contributed by atoms with Crippen LogP contribution in [0.5, 0.6) is 0 Å². The fourth-order valence-electron chi connectivity index (χ4n) is 5.95. The second kappa shape index (κ2) is 6.99. The van der Waals surface area contributed by atoms with Crippen molar-refractivity contribution >= 4 is 29.3 Å². The van der Waals surface area contributed by atoms with Gasteiger partial charge in [0.2, 0.25) is 11.8 Å². The molecule has 2 amide bonds. The van der Waals surface area contributed by atoms with Gasteiger partial charge in [-0.3, -0.25) is 14.4 Å². The number of amides is 2. The van der Waals surface area contributed by atoms with Crippen molar-refractivity contribution in [2.75, 3.05) is 11.5 Å². The van der Waals surface area contributed by atoms with Crippen LogP contribution in [0.3, 0.4) is 0 Å². The quantitative estimate of drug-likeness (QED) is 0.317. The summed E-state index contributed by atoms with van der Waals surface area (Å²) in [4.78, 5) is 53.1. The summed E-state index contributed by atoms with van der Waals surface area (Å²) < 4.78 is 5.26. The average Bonchev–Trinajstić information content (AvgIpc) is 3.61. The lowest BCUT2D eigenvalue weighted by Gasteiger charge is -2.37. The summed E-state index contributed by atoms with van der Waals surface area (Å²) in [6, 6.07) is 15.0. The van der Waals surface area contributed by atoms with Gasteiger partial charge < -0.3 is 4.74 Å². The molecule has 4 aliphatic carbocycles. The van der Waals surface area contributed by atoms with E-state index >= 15 is 0 Å². The van der Waals surface area contributed by atoms with E-state index in [0.29, 0.717) is 17.4 Å². The van der Waals surface area contributed by atoms with Crippen LogP contribution in [0.25, 0.3) is 0 Å². The zero-order chi connectivity index (χ0) is 22.0. The molecular formula is C26H21NO5. The van der Waals surface area contributed by atoms with E-state index in [1.165, 1.54) is 11.0 Å². The molecule has 2 bridgehead atoms. The summed E-state index contributed by atoms with van der Waals surface area (Å²) in [7, 11) is 0. The number of esters is 1. The first-order chi connectivity index (χ1) is 15.6. The Balaban J connectivity index is 1.25. The highest BCUT2D eigenvalue weighted by Gasteiger charge is 2.67. The third-order valence-corrected chi connectivity index (χ3v) is 7.46. The van der Waals surface area contributed by atoms with Gasteiger partial charge in [-0.05, 0) is 42.2 Å². The van der Waals surface area contributed by atoms with Crippen LogP contribution in [0.2, 0.25) is 0 Å². The minimum Gasteiger partial charge on any atom is -0.454 e. The van der Waals surface area contributed by atoms with Crippen LogP contribution >= 0.6 is 0 Å². The smallest absolute Gasteiger partial charge is 0.340 e. The number of hydrogen-bond donors (Lipinski definition) is 0. The fraction of sp³-hybridized carbons (Fsp3) is 0.308. The summed E-state index contributed by atoms with van der Waals surface area (Å²) in [5.41, 5.74) is 0.797. The number of anilines is 1. The molecule has 1 heterocycles. The standard InChI is InChI=1S/C26H21NO5/c28-21(14-6-2-1-3-7-14)13-32-26(31)17-8-4-5-9-20(17)27-24(29)22-15-10-11-16(19-12-18(15)19)23(22)25(27)30/h1-11,15-16,18-19,22-23H,12-13H2/t15-,16-,18-,19+,22+,23+/m0/s1. The number of hydrogen-bond acceptors (Lipinski definition) is 5. The van der Waals surface area contributed by atoms with E-state index in [2.05, 4.69) is 12.2 Å². The molecule has 0 N–H and O–H groups in total. The predicted molar refractivity (Wildman–Crippen MR) is 115 cm³/mol. The van der Waals surface area contributed by atoms with Crippen molar-refractivity contribution in [3.05, 3.63) is 77.9 Å². The summed E-state index contributed by atoms with van der Waals surface area (Å²) >= 11 is 0. The Kier molecular flexibility index (Phi) is 4.18. The number of ketones is 1. The van der Waals surface area contributed by atoms with Gasteiger partial charge in [0.15, 0.2) is 12.4 Å². The molecule has 5 aliphatic rings. The first kappa shape index (κ1) is 19.2. The molecule has 2 saturated carbocycles. The Hall–Kier alpha value is -3.54. The normalized spacial score (nSPS) is 31.3. The minimum absolute atomic E-state index is 0.110. The SMILES string of the molecule is O=C(COC(=O)c1ccccc1N1C(=O)[C@@H]2[C@H]3C=C[C@@H]([C@@H]4C[C@H]34)[C@H]2C1=O)c1ccccc1. The molecule has 0 unspecified atom stereocenters. The number of allylic oxidation sites excluding steroid dienone is 2. The van der Waals surface area contributed by atoms with E-state index in [9.17, 15) is 19.2 Å². The van der Waals surface area contributed by atoms with Crippen LogP contribution < -0.4 is 4.90 Å². The van der Waals surface area contributed by atoms with Crippen LogP contribution in [-0.4, -0.2) is 30.2 Å². The monoisotopic (exact) mass is 427 g/mol. The molecule has 6 heteroatoms. The zero-order valence-electron chi connectivity index (χ0n) is 17.2. The lowest BCUT2D eigenvalue weighted by molar-refractivity contribution is -0.124. The second-order valence-corrected chi connectivity index (χ2v) is 9.05. The maximum absolute atomic E-state index is 13.4. The molecule has 6 nitrogen and oxygen atoms in total. The molecule has 32 heavy (non-hydrogen) atoms. The van der Waals surface area contributed by atoms with Crippen molar-refractivity contribution in [1.29, 1.82) is 0 Å². The number of para-hydroxylation sites is 1. The Morgan fingerprint density at radius 2 is 1.44 bits per heavy atom. The summed E-state index contributed by atoms with van der Waals surface area (Å²) in [5, 5.41) is 0. The molecule has 2 aromatic rings. The average molecular weight is 427 g/mol. The largest absolute Gasteiger partial charge is 0.454 e. The van der Waals surface area contributed by atoms with Gasteiger partial charge in [-0.25, -0.2) is 9.69 Å². The van der Waals surface area contributed by atoms with Crippen LogP contribution in [-0.2, 0) is 14.3 Å². The predicted octanol–water partition coefficient (Wildman–Crippen LogP) is 3.28. The van der Waals surface area contributed by atoms with Crippen LogP contribution in [0.4, 0.5) is 5.69 Å². The second-order valence-electron chi connectivity index (χ2n) is 9.05. The highest BCUT2D eigenvalue weighted by molar-refractivity contribution is 6.24. The highest BCUT2D eigenvalue weighted by Crippen LogP contribution is 2.65. The third kappa shape index (κ3) is 2.72. The van der Waals surface area contributed by atoms with E-state index in [-0.39, 0.29) is 52.5 Å². The Bertz CT molecular complexity index is 1150. The number of carbonyl (C=O) groups is 4. The van der Waals surface area contributed by atoms with Crippen molar-refractivity contribution in [1.82, 2.24) is 0 Å². The first-order valence-corrected chi connectivity index (χ1v) is 11.0. The number of ether oxygens (including phenoxy) is 1. The van der Waals surface area contributed by atoms with Crippen molar-refractivity contribution < 1.29 is 23.9 Å². The summed E-state index contributed by atoms with van der Waals surface area (Å²) in [6.45, 7) is -0.415. The van der Waals surface area contributed by atoms with E-state index in [1.807, 2.05) is 0 Å². The maximum atomic E-state index is 13.4. The molecule has 7 rings (SSSR count). The molecule has 160 valence electrons. The zero-order valence-corrected chi connectivity index (χ0v) is 17.2. The Labute approximate surface area is 184 Å². The van der Waals surface area contributed by atoms with Gasteiger partial charge in [-0.15, -0.1) is 0 Å². The molecule has 3 fully saturated rings. The van der Waals surface area contributed by atoms with E-state index in [1.54, 1.807) is 48.5 Å². The lowest BCUT2D eigenvalue weighted by Crippen LogP contribution is -2.40. The third-order valence-electron chi connectivity index (χ3n) is 7.46. The summed E-state index contributed by atoms with van der Waals surface area (Å²) in [5.74, 6) is -0.968. The maximum Gasteiger partial charge on any atom is 0.340 e. The van der Waals surface area contributed by atoms with Crippen molar-refractivity contribution in [3.63, 3.8) is 0 Å². The van der Waals surface area contributed by atoms with Crippen LogP contribution in [0.1, 0.15) is 27.1 Å². The first-order valence-electron chi connectivity index (χ1n) is 11.0. The molecule has 6 atom stereocenters. The number of Topliss-reactive ketones (excluding diaryl/α,β-unsaturated/α-hetero) is 1. The van der Waals surface area contributed by atoms with Gasteiger partial charge in [0.05, 0.1) is 23.1 Å². The molecule has 1 aliphatic heterocycles.